The summed E-state index contributed by atoms with van der Waals surface area (Å²) >= 11 is 0. The fourth-order valence-corrected chi connectivity index (χ4v) is 0.899. The van der Waals surface area contributed by atoms with Gasteiger partial charge in [0.15, 0.2) is 0 Å². The van der Waals surface area contributed by atoms with Gasteiger partial charge in [0.1, 0.15) is 0 Å². The van der Waals surface area contributed by atoms with Gasteiger partial charge < -0.3 is 10.4 Å². The first kappa shape index (κ1) is 8.66. The van der Waals surface area contributed by atoms with Crippen LogP contribution in [0.15, 0.2) is 12.2 Å². The van der Waals surface area contributed by atoms with Crippen LogP contribution in [-0.2, 0) is 0 Å². The van der Waals surface area contributed by atoms with Crippen molar-refractivity contribution >= 4 is 0 Å². The molecular formula is C7H15NO. The molecule has 2 atom stereocenters. The first-order chi connectivity index (χ1) is 4.09. The van der Waals surface area contributed by atoms with Gasteiger partial charge in [-0.1, -0.05) is 12.2 Å². The van der Waals surface area contributed by atoms with Crippen LogP contribution in [0.25, 0.3) is 0 Å². The Kier molecular flexibility index (Phi) is 3.50. The Morgan fingerprint density at radius 2 is 2.11 bits per heavy atom. The van der Waals surface area contributed by atoms with E-state index in [1.807, 2.05) is 14.0 Å². The highest BCUT2D eigenvalue weighted by molar-refractivity contribution is 5.03. The van der Waals surface area contributed by atoms with Gasteiger partial charge in [-0.2, -0.15) is 0 Å². The van der Waals surface area contributed by atoms with E-state index in [1.54, 1.807) is 6.92 Å². The highest BCUT2D eigenvalue weighted by Crippen LogP contribution is 2.01. The largest absolute Gasteiger partial charge is 0.391 e. The molecule has 2 nitrogen and oxygen atoms in total. The predicted molar refractivity (Wildman–Crippen MR) is 39.3 cm³/mol. The van der Waals surface area contributed by atoms with Gasteiger partial charge in [-0.3, -0.25) is 0 Å². The third kappa shape index (κ3) is 2.63. The molecule has 0 saturated heterocycles. The summed E-state index contributed by atoms with van der Waals surface area (Å²) in [6.07, 6.45) is -0.354. The van der Waals surface area contributed by atoms with Crippen molar-refractivity contribution in [2.24, 2.45) is 0 Å². The lowest BCUT2D eigenvalue weighted by atomic mass is 10.1. The fraction of sp³-hybridized carbons (Fsp3) is 0.714. The molecular weight excluding hydrogens is 114 g/mol. The molecule has 0 aromatic rings. The Labute approximate surface area is 56.6 Å². The minimum absolute atomic E-state index is 0.0324. The van der Waals surface area contributed by atoms with Crippen LogP contribution in [0.1, 0.15) is 13.8 Å². The molecule has 1 unspecified atom stereocenters. The van der Waals surface area contributed by atoms with E-state index in [9.17, 15) is 0 Å². The zero-order valence-corrected chi connectivity index (χ0v) is 6.31. The molecule has 2 heteroatoms. The van der Waals surface area contributed by atoms with Gasteiger partial charge in [-0.15, -0.1) is 0 Å². The van der Waals surface area contributed by atoms with Crippen molar-refractivity contribution in [2.75, 3.05) is 7.05 Å². The van der Waals surface area contributed by atoms with Crippen molar-refractivity contribution in [1.82, 2.24) is 5.32 Å². The van der Waals surface area contributed by atoms with E-state index in [1.165, 1.54) is 0 Å². The zero-order valence-electron chi connectivity index (χ0n) is 6.31. The molecule has 0 aliphatic heterocycles. The molecule has 0 aromatic heterocycles. The third-order valence-electron chi connectivity index (χ3n) is 1.32. The van der Waals surface area contributed by atoms with Crippen molar-refractivity contribution in [3.63, 3.8) is 0 Å². The topological polar surface area (TPSA) is 32.3 Å². The van der Waals surface area contributed by atoms with E-state index in [-0.39, 0.29) is 12.1 Å². The lowest BCUT2D eigenvalue weighted by Gasteiger charge is -2.18. The Bertz CT molecular complexity index is 99.1. The lowest BCUT2D eigenvalue weighted by Crippen LogP contribution is -2.36. The van der Waals surface area contributed by atoms with E-state index in [2.05, 4.69) is 11.9 Å². The fourth-order valence-electron chi connectivity index (χ4n) is 0.899. The summed E-state index contributed by atoms with van der Waals surface area (Å²) in [6, 6.07) is 0.0324. The van der Waals surface area contributed by atoms with E-state index >= 15 is 0 Å². The normalized spacial score (nSPS) is 16.9. The quantitative estimate of drug-likeness (QED) is 0.545. The molecule has 0 fully saturated rings. The van der Waals surface area contributed by atoms with Crippen LogP contribution in [0.5, 0.6) is 0 Å². The summed E-state index contributed by atoms with van der Waals surface area (Å²) in [7, 11) is 1.81. The summed E-state index contributed by atoms with van der Waals surface area (Å²) < 4.78 is 0. The maximum absolute atomic E-state index is 9.06. The Hall–Kier alpha value is -0.340. The predicted octanol–water partition coefficient (Wildman–Crippen LogP) is 0.531. The van der Waals surface area contributed by atoms with Gasteiger partial charge in [-0.25, -0.2) is 0 Å². The molecule has 0 aliphatic rings. The summed E-state index contributed by atoms with van der Waals surface area (Å²) in [5.74, 6) is 0. The molecule has 9 heavy (non-hydrogen) atoms. The summed E-state index contributed by atoms with van der Waals surface area (Å²) in [5.41, 5.74) is 0.965. The molecule has 0 radical (unpaired) electrons. The van der Waals surface area contributed by atoms with Gasteiger partial charge in [0, 0.05) is 0 Å². The molecule has 54 valence electrons. The van der Waals surface area contributed by atoms with Gasteiger partial charge in [0.25, 0.3) is 0 Å². The first-order valence-corrected chi connectivity index (χ1v) is 3.10. The SMILES string of the molecule is C=C(C)[C@H](NC)C(C)O. The smallest absolute Gasteiger partial charge is 0.0703 e. The average Bonchev–Trinajstić information content (AvgIpc) is 1.64. The van der Waals surface area contributed by atoms with E-state index in [0.29, 0.717) is 0 Å². The molecule has 0 aliphatic carbocycles. The van der Waals surface area contributed by atoms with Crippen LogP contribution in [0.4, 0.5) is 0 Å². The summed E-state index contributed by atoms with van der Waals surface area (Å²) in [5, 5.41) is 12.0. The minimum atomic E-state index is -0.354. The molecule has 0 rings (SSSR count). The van der Waals surface area contributed by atoms with Gasteiger partial charge in [-0.05, 0) is 20.9 Å². The second kappa shape index (κ2) is 3.64. The molecule has 2 N–H and O–H groups in total. The van der Waals surface area contributed by atoms with Crippen LogP contribution < -0.4 is 5.32 Å². The molecule has 0 heterocycles. The number of hydrogen-bond acceptors (Lipinski definition) is 2. The maximum atomic E-state index is 9.06. The van der Waals surface area contributed by atoms with Crippen molar-refractivity contribution in [3.8, 4) is 0 Å². The number of rotatable bonds is 3. The summed E-state index contributed by atoms with van der Waals surface area (Å²) in [4.78, 5) is 0. The number of likely N-dealkylation sites (N-methyl/N-ethyl adjacent to an activating group) is 1. The van der Waals surface area contributed by atoms with Crippen LogP contribution in [0, 0.1) is 0 Å². The number of nitrogens with one attached hydrogen (secondary N) is 1. The van der Waals surface area contributed by atoms with Gasteiger partial charge in [0.2, 0.25) is 0 Å². The molecule has 0 bridgehead atoms. The maximum Gasteiger partial charge on any atom is 0.0703 e. The monoisotopic (exact) mass is 129 g/mol. The minimum Gasteiger partial charge on any atom is -0.391 e. The summed E-state index contributed by atoms with van der Waals surface area (Å²) in [6.45, 7) is 7.37. The van der Waals surface area contributed by atoms with Gasteiger partial charge >= 0.3 is 0 Å². The van der Waals surface area contributed by atoms with E-state index in [4.69, 9.17) is 5.11 Å². The molecule has 0 aromatic carbocycles. The third-order valence-corrected chi connectivity index (χ3v) is 1.32. The molecule has 0 saturated carbocycles. The van der Waals surface area contributed by atoms with Crippen LogP contribution in [0.3, 0.4) is 0 Å². The van der Waals surface area contributed by atoms with Crippen LogP contribution in [0.2, 0.25) is 0 Å². The van der Waals surface area contributed by atoms with Crippen molar-refractivity contribution in [2.45, 2.75) is 26.0 Å². The second-order valence-corrected chi connectivity index (χ2v) is 2.35. The number of aliphatic hydroxyl groups is 1. The highest BCUT2D eigenvalue weighted by atomic mass is 16.3. The first-order valence-electron chi connectivity index (χ1n) is 3.10. The van der Waals surface area contributed by atoms with E-state index in [0.717, 1.165) is 5.57 Å². The van der Waals surface area contributed by atoms with Crippen LogP contribution >= 0.6 is 0 Å². The standard InChI is InChI=1S/C7H15NO/c1-5(2)7(8-4)6(3)9/h6-9H,1H2,2-4H3/t6?,7-/m0/s1. The number of aliphatic hydroxyl groups excluding tert-OH is 1. The average molecular weight is 129 g/mol. The van der Waals surface area contributed by atoms with Crippen molar-refractivity contribution in [1.29, 1.82) is 0 Å². The van der Waals surface area contributed by atoms with Crippen LogP contribution in [-0.4, -0.2) is 24.3 Å². The Morgan fingerprint density at radius 3 is 2.11 bits per heavy atom. The lowest BCUT2D eigenvalue weighted by molar-refractivity contribution is 0.164. The van der Waals surface area contributed by atoms with E-state index < -0.39 is 0 Å². The molecule has 0 amide bonds. The van der Waals surface area contributed by atoms with Crippen molar-refractivity contribution < 1.29 is 5.11 Å². The Balaban J connectivity index is 3.83. The number of hydrogen-bond donors (Lipinski definition) is 2. The zero-order chi connectivity index (χ0) is 7.44. The second-order valence-electron chi connectivity index (χ2n) is 2.35. The van der Waals surface area contributed by atoms with Crippen molar-refractivity contribution in [3.05, 3.63) is 12.2 Å². The molecule has 0 spiro atoms. The Morgan fingerprint density at radius 1 is 1.67 bits per heavy atom. The van der Waals surface area contributed by atoms with Gasteiger partial charge in [0.05, 0.1) is 12.1 Å². The highest BCUT2D eigenvalue weighted by Gasteiger charge is 2.11.